The Morgan fingerprint density at radius 2 is 1.33 bits per heavy atom. The smallest absolute Gasteiger partial charge is 0.0964 e. The van der Waals surface area contributed by atoms with Gasteiger partial charge in [-0.3, -0.25) is 0 Å². The highest BCUT2D eigenvalue weighted by Crippen LogP contribution is 2.12. The Labute approximate surface area is 54.7 Å². The minimum atomic E-state index is -0.597. The minimum Gasteiger partial charge on any atom is -0.389 e. The van der Waals surface area contributed by atoms with Gasteiger partial charge in [-0.05, 0) is 13.8 Å². The Morgan fingerprint density at radius 1 is 1.00 bits per heavy atom. The molecule has 0 spiro atoms. The molecule has 0 radical (unpaired) electrons. The minimum absolute atomic E-state index is 0.0231. The molecule has 9 heavy (non-hydrogen) atoms. The second-order valence-corrected chi connectivity index (χ2v) is 2.73. The molecule has 1 unspecified atom stereocenters. The van der Waals surface area contributed by atoms with Crippen molar-refractivity contribution in [2.24, 2.45) is 0 Å². The van der Waals surface area contributed by atoms with Crippen LogP contribution >= 0.6 is 0 Å². The van der Waals surface area contributed by atoms with Gasteiger partial charge in [0.15, 0.2) is 0 Å². The first-order valence-corrected chi connectivity index (χ1v) is 3.25. The highest BCUT2D eigenvalue weighted by molar-refractivity contribution is 4.93. The lowest BCUT2D eigenvalue weighted by Crippen LogP contribution is -2.30. The van der Waals surface area contributed by atoms with Crippen molar-refractivity contribution in [3.8, 4) is 0 Å². The highest BCUT2D eigenvalue weighted by Gasteiger charge is 2.35. The molecule has 0 saturated carbocycles. The molecule has 3 heteroatoms. The van der Waals surface area contributed by atoms with Crippen LogP contribution in [0.25, 0.3) is 0 Å². The Morgan fingerprint density at radius 3 is 1.44 bits per heavy atom. The molecular weight excluding hydrogens is 118 g/mol. The molecule has 4 atom stereocenters. The zero-order valence-corrected chi connectivity index (χ0v) is 5.70. The third-order valence-electron chi connectivity index (χ3n) is 1.90. The molecule has 1 aliphatic rings. The topological polar surface area (TPSA) is 52.5 Å². The number of aliphatic hydroxyl groups is 2. The maximum absolute atomic E-state index is 9.12. The second-order valence-electron chi connectivity index (χ2n) is 2.73. The van der Waals surface area contributed by atoms with Gasteiger partial charge in [0.05, 0.1) is 12.2 Å². The quantitative estimate of drug-likeness (QED) is 0.399. The molecule has 0 aromatic rings. The number of nitrogens with one attached hydrogen (secondary N) is 1. The van der Waals surface area contributed by atoms with Gasteiger partial charge in [0.2, 0.25) is 0 Å². The molecule has 0 aliphatic carbocycles. The molecule has 0 aromatic carbocycles. The van der Waals surface area contributed by atoms with Crippen LogP contribution in [0.4, 0.5) is 0 Å². The molecule has 1 heterocycles. The van der Waals surface area contributed by atoms with E-state index < -0.39 is 12.2 Å². The van der Waals surface area contributed by atoms with Crippen LogP contribution in [0.5, 0.6) is 0 Å². The third kappa shape index (κ3) is 1.08. The number of rotatable bonds is 0. The molecule has 1 saturated heterocycles. The van der Waals surface area contributed by atoms with E-state index in [1.807, 2.05) is 13.8 Å². The van der Waals surface area contributed by atoms with Crippen molar-refractivity contribution in [2.45, 2.75) is 38.1 Å². The van der Waals surface area contributed by atoms with Crippen LogP contribution < -0.4 is 5.32 Å². The van der Waals surface area contributed by atoms with Crippen molar-refractivity contribution in [2.75, 3.05) is 0 Å². The van der Waals surface area contributed by atoms with Gasteiger partial charge in [-0.1, -0.05) is 0 Å². The van der Waals surface area contributed by atoms with Gasteiger partial charge in [-0.25, -0.2) is 0 Å². The average Bonchev–Trinajstić information content (AvgIpc) is 1.98. The van der Waals surface area contributed by atoms with Crippen molar-refractivity contribution >= 4 is 0 Å². The predicted octanol–water partition coefficient (Wildman–Crippen LogP) is -0.912. The number of hydrogen-bond donors (Lipinski definition) is 3. The fraction of sp³-hybridized carbons (Fsp3) is 1.00. The molecular formula is C6H13NO2. The molecule has 3 nitrogen and oxygen atoms in total. The van der Waals surface area contributed by atoms with Crippen molar-refractivity contribution in [1.29, 1.82) is 0 Å². The Hall–Kier alpha value is -0.120. The third-order valence-corrected chi connectivity index (χ3v) is 1.90. The summed E-state index contributed by atoms with van der Waals surface area (Å²) >= 11 is 0. The van der Waals surface area contributed by atoms with Crippen molar-refractivity contribution in [3.63, 3.8) is 0 Å². The molecule has 54 valence electrons. The van der Waals surface area contributed by atoms with E-state index in [-0.39, 0.29) is 12.1 Å². The molecule has 3 N–H and O–H groups in total. The van der Waals surface area contributed by atoms with Crippen molar-refractivity contribution in [1.82, 2.24) is 5.32 Å². The molecule has 1 rings (SSSR count). The van der Waals surface area contributed by atoms with Crippen molar-refractivity contribution in [3.05, 3.63) is 0 Å². The van der Waals surface area contributed by atoms with Crippen LogP contribution in [-0.4, -0.2) is 34.5 Å². The lowest BCUT2D eigenvalue weighted by atomic mass is 10.1. The van der Waals surface area contributed by atoms with E-state index in [1.54, 1.807) is 0 Å². The summed E-state index contributed by atoms with van der Waals surface area (Å²) in [5.74, 6) is 0. The zero-order chi connectivity index (χ0) is 7.02. The fourth-order valence-corrected chi connectivity index (χ4v) is 1.20. The Bertz CT molecular complexity index is 95.2. The largest absolute Gasteiger partial charge is 0.389 e. The lowest BCUT2D eigenvalue weighted by molar-refractivity contribution is 0.0327. The summed E-state index contributed by atoms with van der Waals surface area (Å²) in [6.07, 6.45) is -1.19. The van der Waals surface area contributed by atoms with E-state index in [2.05, 4.69) is 5.32 Å². The van der Waals surface area contributed by atoms with Crippen LogP contribution in [0, 0.1) is 0 Å². The lowest BCUT2D eigenvalue weighted by Gasteiger charge is -2.10. The predicted molar refractivity (Wildman–Crippen MR) is 34.1 cm³/mol. The molecule has 1 aliphatic heterocycles. The van der Waals surface area contributed by atoms with Gasteiger partial charge in [0, 0.05) is 12.1 Å². The summed E-state index contributed by atoms with van der Waals surface area (Å²) in [4.78, 5) is 0. The van der Waals surface area contributed by atoms with Crippen LogP contribution in [0.2, 0.25) is 0 Å². The summed E-state index contributed by atoms with van der Waals surface area (Å²) in [5, 5.41) is 21.3. The van der Waals surface area contributed by atoms with E-state index in [0.717, 1.165) is 0 Å². The summed E-state index contributed by atoms with van der Waals surface area (Å²) in [6, 6.07) is 0.0463. The first-order chi connectivity index (χ1) is 4.13. The van der Waals surface area contributed by atoms with Crippen LogP contribution in [0.1, 0.15) is 13.8 Å². The summed E-state index contributed by atoms with van der Waals surface area (Å²) < 4.78 is 0. The SMILES string of the molecule is CC1N[C@H](C)[C@@H](O)[C@@H]1O. The highest BCUT2D eigenvalue weighted by atomic mass is 16.3. The van der Waals surface area contributed by atoms with Gasteiger partial charge >= 0.3 is 0 Å². The standard InChI is InChI=1S/C6H13NO2/c1-3-5(8)6(9)4(2)7-3/h3-9H,1-2H3/t3-,4?,5-,6-/m1/s1. The molecule has 0 bridgehead atoms. The van der Waals surface area contributed by atoms with Gasteiger partial charge in [0.1, 0.15) is 0 Å². The fourth-order valence-electron chi connectivity index (χ4n) is 1.20. The second kappa shape index (κ2) is 2.25. The Kier molecular flexibility index (Phi) is 1.75. The molecule has 1 fully saturated rings. The monoisotopic (exact) mass is 131 g/mol. The van der Waals surface area contributed by atoms with Crippen molar-refractivity contribution < 1.29 is 10.2 Å². The first-order valence-electron chi connectivity index (χ1n) is 3.25. The van der Waals surface area contributed by atoms with Gasteiger partial charge < -0.3 is 15.5 Å². The van der Waals surface area contributed by atoms with E-state index in [4.69, 9.17) is 10.2 Å². The molecule has 0 amide bonds. The average molecular weight is 131 g/mol. The summed E-state index contributed by atoms with van der Waals surface area (Å²) in [7, 11) is 0. The van der Waals surface area contributed by atoms with Gasteiger partial charge in [-0.2, -0.15) is 0 Å². The number of hydrogen-bond acceptors (Lipinski definition) is 3. The normalized spacial score (nSPS) is 52.0. The van der Waals surface area contributed by atoms with E-state index in [0.29, 0.717) is 0 Å². The van der Waals surface area contributed by atoms with Crippen LogP contribution in [0.15, 0.2) is 0 Å². The maximum atomic E-state index is 9.12. The number of aliphatic hydroxyl groups excluding tert-OH is 2. The zero-order valence-electron chi connectivity index (χ0n) is 5.70. The van der Waals surface area contributed by atoms with Crippen LogP contribution in [0.3, 0.4) is 0 Å². The maximum Gasteiger partial charge on any atom is 0.0964 e. The Balaban J connectivity index is 2.54. The van der Waals surface area contributed by atoms with E-state index in [9.17, 15) is 0 Å². The summed E-state index contributed by atoms with van der Waals surface area (Å²) in [5.41, 5.74) is 0. The van der Waals surface area contributed by atoms with E-state index in [1.165, 1.54) is 0 Å². The van der Waals surface area contributed by atoms with Gasteiger partial charge in [-0.15, -0.1) is 0 Å². The summed E-state index contributed by atoms with van der Waals surface area (Å²) in [6.45, 7) is 3.72. The van der Waals surface area contributed by atoms with Crippen LogP contribution in [-0.2, 0) is 0 Å². The molecule has 0 aromatic heterocycles. The van der Waals surface area contributed by atoms with E-state index >= 15 is 0 Å². The van der Waals surface area contributed by atoms with Gasteiger partial charge in [0.25, 0.3) is 0 Å². The first kappa shape index (κ1) is 6.99.